The number of aromatic nitrogens is 1. The Labute approximate surface area is 99.5 Å². The molecule has 88 valence electrons. The molecule has 16 heavy (non-hydrogen) atoms. The van der Waals surface area contributed by atoms with Crippen LogP contribution in [-0.4, -0.2) is 19.2 Å². The highest BCUT2D eigenvalue weighted by molar-refractivity contribution is 7.93. The Bertz CT molecular complexity index is 467. The molecule has 4 nitrogen and oxygen atoms in total. The Balaban J connectivity index is 2.16. The van der Waals surface area contributed by atoms with Crippen LogP contribution in [-0.2, 0) is 22.9 Å². The van der Waals surface area contributed by atoms with Crippen molar-refractivity contribution in [2.45, 2.75) is 25.7 Å². The standard InChI is InChI=1S/C10H14N2O2S2/c1-2-7-16(13,14)12-10-11-8-5-3-4-6-9(8)15-10/h2H,1,3-7H2,(H,11,12). The Morgan fingerprint density at radius 2 is 2.19 bits per heavy atom. The fourth-order valence-electron chi connectivity index (χ4n) is 1.73. The van der Waals surface area contributed by atoms with Gasteiger partial charge in [-0.2, -0.15) is 0 Å². The first-order valence-electron chi connectivity index (χ1n) is 5.21. The maximum absolute atomic E-state index is 11.5. The quantitative estimate of drug-likeness (QED) is 0.840. The number of nitrogens with zero attached hydrogens (tertiary/aromatic N) is 1. The Morgan fingerprint density at radius 1 is 1.44 bits per heavy atom. The summed E-state index contributed by atoms with van der Waals surface area (Å²) >= 11 is 1.45. The highest BCUT2D eigenvalue weighted by Crippen LogP contribution is 2.29. The molecule has 1 aliphatic carbocycles. The largest absolute Gasteiger partial charge is 0.258 e. The molecule has 0 atom stereocenters. The number of aryl methyl sites for hydroxylation is 2. The van der Waals surface area contributed by atoms with Crippen molar-refractivity contribution in [1.29, 1.82) is 0 Å². The third-order valence-electron chi connectivity index (χ3n) is 2.43. The van der Waals surface area contributed by atoms with Gasteiger partial charge in [0.15, 0.2) is 5.13 Å². The summed E-state index contributed by atoms with van der Waals surface area (Å²) in [4.78, 5) is 5.54. The third kappa shape index (κ3) is 2.62. The number of thiazole rings is 1. The number of anilines is 1. The van der Waals surface area contributed by atoms with Gasteiger partial charge in [-0.15, -0.1) is 17.9 Å². The van der Waals surface area contributed by atoms with Crippen LogP contribution in [0.3, 0.4) is 0 Å². The number of hydrogen-bond acceptors (Lipinski definition) is 4. The van der Waals surface area contributed by atoms with E-state index in [0.717, 1.165) is 25.0 Å². The van der Waals surface area contributed by atoms with E-state index >= 15 is 0 Å². The molecule has 0 unspecified atom stereocenters. The number of nitrogens with one attached hydrogen (secondary N) is 1. The third-order valence-corrected chi connectivity index (χ3v) is 4.81. The summed E-state index contributed by atoms with van der Waals surface area (Å²) in [5.41, 5.74) is 1.06. The van der Waals surface area contributed by atoms with E-state index in [9.17, 15) is 8.42 Å². The zero-order valence-electron chi connectivity index (χ0n) is 8.90. The normalized spacial score (nSPS) is 15.5. The van der Waals surface area contributed by atoms with Crippen molar-refractivity contribution in [1.82, 2.24) is 4.98 Å². The summed E-state index contributed by atoms with van der Waals surface area (Å²) in [6.45, 7) is 3.42. The van der Waals surface area contributed by atoms with Crippen molar-refractivity contribution < 1.29 is 8.42 Å². The van der Waals surface area contributed by atoms with Gasteiger partial charge < -0.3 is 0 Å². The van der Waals surface area contributed by atoms with E-state index in [2.05, 4.69) is 16.3 Å². The van der Waals surface area contributed by atoms with Crippen LogP contribution in [0.5, 0.6) is 0 Å². The van der Waals surface area contributed by atoms with Gasteiger partial charge in [-0.05, 0) is 25.7 Å². The minimum absolute atomic E-state index is 0.0722. The number of hydrogen-bond donors (Lipinski definition) is 1. The molecule has 2 rings (SSSR count). The van der Waals surface area contributed by atoms with Gasteiger partial charge in [0, 0.05) is 4.88 Å². The van der Waals surface area contributed by atoms with Gasteiger partial charge in [0.2, 0.25) is 10.0 Å². The smallest absolute Gasteiger partial charge is 0.238 e. The second-order valence-electron chi connectivity index (χ2n) is 3.77. The zero-order valence-corrected chi connectivity index (χ0v) is 10.5. The van der Waals surface area contributed by atoms with Crippen LogP contribution in [0.2, 0.25) is 0 Å². The Morgan fingerprint density at radius 3 is 2.88 bits per heavy atom. The fourth-order valence-corrected chi connectivity index (χ4v) is 3.88. The molecule has 0 bridgehead atoms. The Kier molecular flexibility index (Phi) is 3.30. The fraction of sp³-hybridized carbons (Fsp3) is 0.500. The van der Waals surface area contributed by atoms with Gasteiger partial charge in [-0.25, -0.2) is 13.4 Å². The lowest BCUT2D eigenvalue weighted by Crippen LogP contribution is -2.15. The lowest BCUT2D eigenvalue weighted by atomic mass is 10.0. The summed E-state index contributed by atoms with van der Waals surface area (Å²) in [5.74, 6) is -0.0722. The number of rotatable bonds is 4. The van der Waals surface area contributed by atoms with Crippen molar-refractivity contribution in [3.8, 4) is 0 Å². The van der Waals surface area contributed by atoms with E-state index in [0.29, 0.717) is 5.13 Å². The van der Waals surface area contributed by atoms with E-state index in [1.807, 2.05) is 0 Å². The summed E-state index contributed by atoms with van der Waals surface area (Å²) in [6.07, 6.45) is 5.69. The molecule has 0 aliphatic heterocycles. The molecule has 0 radical (unpaired) electrons. The monoisotopic (exact) mass is 258 g/mol. The predicted molar refractivity (Wildman–Crippen MR) is 66.4 cm³/mol. The van der Waals surface area contributed by atoms with Gasteiger partial charge in [-0.1, -0.05) is 6.08 Å². The van der Waals surface area contributed by atoms with E-state index in [1.54, 1.807) is 0 Å². The predicted octanol–water partition coefficient (Wildman–Crippen LogP) is 1.95. The van der Waals surface area contributed by atoms with Crippen LogP contribution in [0.15, 0.2) is 12.7 Å². The molecular formula is C10H14N2O2S2. The van der Waals surface area contributed by atoms with Crippen molar-refractivity contribution in [3.63, 3.8) is 0 Å². The lowest BCUT2D eigenvalue weighted by Gasteiger charge is -2.06. The molecule has 1 heterocycles. The molecule has 1 aromatic rings. The molecule has 6 heteroatoms. The van der Waals surface area contributed by atoms with Crippen LogP contribution in [0.4, 0.5) is 5.13 Å². The Hall–Kier alpha value is -0.880. The summed E-state index contributed by atoms with van der Waals surface area (Å²) in [6, 6.07) is 0. The van der Waals surface area contributed by atoms with Gasteiger partial charge in [-0.3, -0.25) is 4.72 Å². The summed E-state index contributed by atoms with van der Waals surface area (Å²) in [5, 5.41) is 0.494. The maximum atomic E-state index is 11.5. The van der Waals surface area contributed by atoms with Crippen LogP contribution < -0.4 is 4.72 Å². The summed E-state index contributed by atoms with van der Waals surface area (Å²) in [7, 11) is -3.30. The second kappa shape index (κ2) is 4.55. The minimum atomic E-state index is -3.30. The average Bonchev–Trinajstić information content (AvgIpc) is 2.58. The van der Waals surface area contributed by atoms with E-state index in [-0.39, 0.29) is 5.75 Å². The molecule has 1 N–H and O–H groups in total. The molecule has 1 aromatic heterocycles. The molecule has 0 amide bonds. The van der Waals surface area contributed by atoms with Gasteiger partial charge in [0.1, 0.15) is 0 Å². The first-order valence-corrected chi connectivity index (χ1v) is 7.67. The van der Waals surface area contributed by atoms with Gasteiger partial charge in [0.05, 0.1) is 11.4 Å². The average molecular weight is 258 g/mol. The molecule has 0 aromatic carbocycles. The molecule has 0 spiro atoms. The van der Waals surface area contributed by atoms with Crippen molar-refractivity contribution in [2.75, 3.05) is 10.5 Å². The van der Waals surface area contributed by atoms with Gasteiger partial charge >= 0.3 is 0 Å². The van der Waals surface area contributed by atoms with Crippen LogP contribution >= 0.6 is 11.3 Å². The van der Waals surface area contributed by atoms with Crippen molar-refractivity contribution >= 4 is 26.5 Å². The zero-order chi connectivity index (χ0) is 11.6. The molecular weight excluding hydrogens is 244 g/mol. The first-order chi connectivity index (χ1) is 7.61. The number of fused-ring (bicyclic) bond motifs is 1. The van der Waals surface area contributed by atoms with E-state index in [1.165, 1.54) is 28.7 Å². The van der Waals surface area contributed by atoms with Crippen LogP contribution in [0.25, 0.3) is 0 Å². The minimum Gasteiger partial charge on any atom is -0.258 e. The number of sulfonamides is 1. The van der Waals surface area contributed by atoms with Crippen LogP contribution in [0, 0.1) is 0 Å². The topological polar surface area (TPSA) is 59.1 Å². The first kappa shape index (κ1) is 11.6. The molecule has 0 saturated carbocycles. The van der Waals surface area contributed by atoms with E-state index < -0.39 is 10.0 Å². The molecule has 1 aliphatic rings. The summed E-state index contributed by atoms with van der Waals surface area (Å²) < 4.78 is 25.5. The maximum Gasteiger partial charge on any atom is 0.238 e. The van der Waals surface area contributed by atoms with Gasteiger partial charge in [0.25, 0.3) is 0 Å². The van der Waals surface area contributed by atoms with E-state index in [4.69, 9.17) is 0 Å². The highest BCUT2D eigenvalue weighted by atomic mass is 32.2. The second-order valence-corrected chi connectivity index (χ2v) is 6.62. The molecule has 0 fully saturated rings. The highest BCUT2D eigenvalue weighted by Gasteiger charge is 2.17. The lowest BCUT2D eigenvalue weighted by molar-refractivity contribution is 0.604. The van der Waals surface area contributed by atoms with Crippen molar-refractivity contribution in [3.05, 3.63) is 23.2 Å². The SMILES string of the molecule is C=CCS(=O)(=O)Nc1nc2c(s1)CCCC2. The van der Waals surface area contributed by atoms with Crippen LogP contribution in [0.1, 0.15) is 23.4 Å². The molecule has 0 saturated heterocycles. The van der Waals surface area contributed by atoms with Crippen molar-refractivity contribution in [2.24, 2.45) is 0 Å².